The average molecular weight is 265 g/mol. The first-order chi connectivity index (χ1) is 9.24. The Balaban J connectivity index is 2.02. The molecule has 0 bridgehead atoms. The topological polar surface area (TPSA) is 73.9 Å². The summed E-state index contributed by atoms with van der Waals surface area (Å²) in [6.45, 7) is 6.63. The number of nitrogens with zero attached hydrogens (tertiary/aromatic N) is 3. The number of carbonyl (C=O) groups excluding carboxylic acids is 1. The fourth-order valence-electron chi connectivity index (χ4n) is 2.41. The Labute approximate surface area is 114 Å². The molecule has 1 saturated heterocycles. The van der Waals surface area contributed by atoms with E-state index in [1.54, 1.807) is 0 Å². The van der Waals surface area contributed by atoms with Crippen molar-refractivity contribution in [1.29, 1.82) is 0 Å². The van der Waals surface area contributed by atoms with Gasteiger partial charge in [-0.05, 0) is 25.8 Å². The molecule has 2 heterocycles. The Morgan fingerprint density at radius 3 is 2.89 bits per heavy atom. The number of hydrogen-bond donors (Lipinski definition) is 2. The largest absolute Gasteiger partial charge is 0.334 e. The van der Waals surface area contributed by atoms with Gasteiger partial charge >= 0.3 is 0 Å². The Morgan fingerprint density at radius 2 is 2.32 bits per heavy atom. The molecule has 19 heavy (non-hydrogen) atoms. The normalized spacial score (nSPS) is 18.7. The molecule has 0 aliphatic carbocycles. The van der Waals surface area contributed by atoms with Crippen molar-refractivity contribution in [3.63, 3.8) is 0 Å². The van der Waals surface area contributed by atoms with Crippen LogP contribution in [0.4, 0.5) is 0 Å². The predicted molar refractivity (Wildman–Crippen MR) is 73.0 cm³/mol. The Bertz CT molecular complexity index is 411. The highest BCUT2D eigenvalue weighted by Crippen LogP contribution is 2.09. The van der Waals surface area contributed by atoms with Gasteiger partial charge in [-0.1, -0.05) is 13.8 Å². The van der Waals surface area contributed by atoms with E-state index in [1.165, 1.54) is 6.42 Å². The van der Waals surface area contributed by atoms with Crippen LogP contribution in [0.3, 0.4) is 0 Å². The second kappa shape index (κ2) is 6.65. The maximum Gasteiger partial charge on any atom is 0.293 e. The second-order valence-electron chi connectivity index (χ2n) is 5.00. The number of amides is 1. The summed E-state index contributed by atoms with van der Waals surface area (Å²) in [5.74, 6) is 0.994. The third-order valence-electron chi connectivity index (χ3n) is 3.44. The molecule has 1 fully saturated rings. The number of aromatic nitrogens is 3. The van der Waals surface area contributed by atoms with Crippen molar-refractivity contribution in [3.8, 4) is 0 Å². The molecule has 1 atom stereocenters. The maximum atomic E-state index is 12.4. The van der Waals surface area contributed by atoms with Gasteiger partial charge in [0.1, 0.15) is 5.82 Å². The Kier molecular flexibility index (Phi) is 4.90. The van der Waals surface area contributed by atoms with Gasteiger partial charge in [0.25, 0.3) is 5.91 Å². The zero-order valence-corrected chi connectivity index (χ0v) is 11.8. The first-order valence-electron chi connectivity index (χ1n) is 7.18. The Morgan fingerprint density at radius 1 is 1.47 bits per heavy atom. The maximum absolute atomic E-state index is 12.4. The van der Waals surface area contributed by atoms with Crippen LogP contribution in [-0.2, 0) is 6.42 Å². The molecule has 2 N–H and O–H groups in total. The summed E-state index contributed by atoms with van der Waals surface area (Å²) in [6, 6.07) is 0.417. The minimum atomic E-state index is -0.0634. The van der Waals surface area contributed by atoms with Gasteiger partial charge in [0.05, 0.1) is 0 Å². The van der Waals surface area contributed by atoms with Crippen LogP contribution in [0.1, 0.15) is 49.6 Å². The monoisotopic (exact) mass is 265 g/mol. The van der Waals surface area contributed by atoms with Crippen molar-refractivity contribution in [2.75, 3.05) is 19.6 Å². The molecule has 0 radical (unpaired) electrons. The third kappa shape index (κ3) is 3.53. The quantitative estimate of drug-likeness (QED) is 0.804. The number of aryl methyl sites for hydroxylation is 1. The van der Waals surface area contributed by atoms with Crippen molar-refractivity contribution in [3.05, 3.63) is 11.6 Å². The van der Waals surface area contributed by atoms with Crippen LogP contribution in [0.15, 0.2) is 0 Å². The summed E-state index contributed by atoms with van der Waals surface area (Å²) < 4.78 is 0. The highest BCUT2D eigenvalue weighted by atomic mass is 16.2. The van der Waals surface area contributed by atoms with E-state index in [1.807, 2.05) is 11.8 Å². The lowest BCUT2D eigenvalue weighted by Gasteiger charge is -2.24. The highest BCUT2D eigenvalue weighted by Gasteiger charge is 2.24. The fourth-order valence-corrected chi connectivity index (χ4v) is 2.41. The van der Waals surface area contributed by atoms with E-state index in [2.05, 4.69) is 27.4 Å². The van der Waals surface area contributed by atoms with E-state index in [-0.39, 0.29) is 5.91 Å². The molecule has 106 valence electrons. The molecular formula is C13H23N5O. The zero-order chi connectivity index (χ0) is 13.7. The minimum Gasteiger partial charge on any atom is -0.334 e. The summed E-state index contributed by atoms with van der Waals surface area (Å²) in [5, 5.41) is 10.2. The lowest BCUT2D eigenvalue weighted by Crippen LogP contribution is -2.41. The molecule has 1 unspecified atom stereocenters. The van der Waals surface area contributed by atoms with E-state index in [0.29, 0.717) is 11.9 Å². The zero-order valence-electron chi connectivity index (χ0n) is 11.8. The number of nitrogens with one attached hydrogen (secondary N) is 2. The van der Waals surface area contributed by atoms with E-state index < -0.39 is 0 Å². The molecule has 6 nitrogen and oxygen atoms in total. The summed E-state index contributed by atoms with van der Waals surface area (Å²) in [7, 11) is 0. The standard InChI is InChI=1S/C13H23N5O/c1-3-8-18(9-10-6-5-7-14-10)13(19)12-15-11(4-2)16-17-12/h10,14H,3-9H2,1-2H3,(H,15,16,17). The molecule has 1 aromatic rings. The predicted octanol–water partition coefficient (Wildman–Crippen LogP) is 0.971. The second-order valence-corrected chi connectivity index (χ2v) is 5.00. The average Bonchev–Trinajstić information content (AvgIpc) is 3.08. The lowest BCUT2D eigenvalue weighted by molar-refractivity contribution is 0.0730. The van der Waals surface area contributed by atoms with Crippen molar-refractivity contribution >= 4 is 5.91 Å². The van der Waals surface area contributed by atoms with Gasteiger partial charge in [-0.2, -0.15) is 0 Å². The van der Waals surface area contributed by atoms with Gasteiger partial charge in [-0.25, -0.2) is 4.98 Å². The first kappa shape index (κ1) is 14.0. The van der Waals surface area contributed by atoms with Gasteiger partial charge in [-0.15, -0.1) is 5.10 Å². The Hall–Kier alpha value is -1.43. The smallest absolute Gasteiger partial charge is 0.293 e. The molecule has 0 spiro atoms. The lowest BCUT2D eigenvalue weighted by atomic mass is 10.2. The first-order valence-corrected chi connectivity index (χ1v) is 7.18. The number of H-pyrrole nitrogens is 1. The third-order valence-corrected chi connectivity index (χ3v) is 3.44. The molecule has 2 rings (SSSR count). The van der Waals surface area contributed by atoms with Gasteiger partial charge in [0.15, 0.2) is 0 Å². The summed E-state index contributed by atoms with van der Waals surface area (Å²) >= 11 is 0. The molecule has 6 heteroatoms. The highest BCUT2D eigenvalue weighted by molar-refractivity contribution is 5.90. The van der Waals surface area contributed by atoms with E-state index in [0.717, 1.165) is 44.7 Å². The number of rotatable bonds is 6. The van der Waals surface area contributed by atoms with Crippen molar-refractivity contribution in [1.82, 2.24) is 25.4 Å². The fraction of sp³-hybridized carbons (Fsp3) is 0.769. The number of hydrogen-bond acceptors (Lipinski definition) is 4. The molecule has 0 saturated carbocycles. The van der Waals surface area contributed by atoms with Crippen LogP contribution < -0.4 is 5.32 Å². The van der Waals surface area contributed by atoms with E-state index in [9.17, 15) is 4.79 Å². The van der Waals surface area contributed by atoms with Crippen molar-refractivity contribution in [2.45, 2.75) is 45.6 Å². The van der Waals surface area contributed by atoms with Crippen LogP contribution in [-0.4, -0.2) is 51.7 Å². The van der Waals surface area contributed by atoms with Gasteiger partial charge in [0.2, 0.25) is 5.82 Å². The molecule has 0 aromatic carbocycles. The van der Waals surface area contributed by atoms with Crippen LogP contribution in [0.25, 0.3) is 0 Å². The minimum absolute atomic E-state index is 0.0634. The van der Waals surface area contributed by atoms with Crippen LogP contribution >= 0.6 is 0 Å². The molecule has 1 amide bonds. The van der Waals surface area contributed by atoms with Gasteiger partial charge in [0, 0.05) is 25.6 Å². The van der Waals surface area contributed by atoms with Crippen LogP contribution in [0, 0.1) is 0 Å². The molecule has 1 aromatic heterocycles. The van der Waals surface area contributed by atoms with Gasteiger partial charge in [-0.3, -0.25) is 9.89 Å². The summed E-state index contributed by atoms with van der Waals surface area (Å²) in [5.41, 5.74) is 0. The van der Waals surface area contributed by atoms with E-state index >= 15 is 0 Å². The molecule has 1 aliphatic rings. The number of aromatic amines is 1. The molecule has 1 aliphatic heterocycles. The van der Waals surface area contributed by atoms with Crippen LogP contribution in [0.2, 0.25) is 0 Å². The summed E-state index contributed by atoms with van der Waals surface area (Å²) in [4.78, 5) is 18.5. The SMILES string of the molecule is CCCN(CC1CCCN1)C(=O)c1n[nH]c(CC)n1. The van der Waals surface area contributed by atoms with Crippen molar-refractivity contribution in [2.24, 2.45) is 0 Å². The van der Waals surface area contributed by atoms with Crippen molar-refractivity contribution < 1.29 is 4.79 Å². The number of carbonyl (C=O) groups is 1. The molecular weight excluding hydrogens is 242 g/mol. The van der Waals surface area contributed by atoms with E-state index in [4.69, 9.17) is 0 Å². The summed E-state index contributed by atoms with van der Waals surface area (Å²) in [6.07, 6.45) is 4.04. The van der Waals surface area contributed by atoms with Gasteiger partial charge < -0.3 is 10.2 Å². The van der Waals surface area contributed by atoms with Crippen LogP contribution in [0.5, 0.6) is 0 Å².